The second-order valence-corrected chi connectivity index (χ2v) is 4.25. The number of nitrogens with one attached hydrogen (secondary N) is 1. The molecule has 0 amide bonds. The Bertz CT molecular complexity index is 810. The van der Waals surface area contributed by atoms with Crippen LogP contribution in [0.4, 0.5) is 0 Å². The molecule has 0 spiro atoms. The molecular formula is C15H12N2O3. The number of hydrogen-bond donors (Lipinski definition) is 1. The first kappa shape index (κ1) is 13.6. The Morgan fingerprint density at radius 3 is 2.85 bits per heavy atom. The van der Waals surface area contributed by atoms with E-state index in [0.29, 0.717) is 0 Å². The SMILES string of the molecule is COC(=O)C(C#N)=Cc1cc2cccc(C)c2[nH]c1=O. The number of carbonyl (C=O) groups excluding carboxylic acids is 1. The number of nitrogens with zero attached hydrogens (tertiary/aromatic N) is 1. The van der Waals surface area contributed by atoms with Crippen LogP contribution in [-0.2, 0) is 9.53 Å². The number of benzene rings is 1. The van der Waals surface area contributed by atoms with Gasteiger partial charge in [0, 0.05) is 5.56 Å². The molecule has 0 fully saturated rings. The highest BCUT2D eigenvalue weighted by Gasteiger charge is 2.10. The van der Waals surface area contributed by atoms with Gasteiger partial charge < -0.3 is 9.72 Å². The molecule has 0 unspecified atom stereocenters. The van der Waals surface area contributed by atoms with Gasteiger partial charge in [-0.1, -0.05) is 18.2 Å². The molecule has 0 aliphatic carbocycles. The molecule has 0 bridgehead atoms. The van der Waals surface area contributed by atoms with E-state index in [9.17, 15) is 9.59 Å². The Morgan fingerprint density at radius 2 is 2.20 bits per heavy atom. The summed E-state index contributed by atoms with van der Waals surface area (Å²) in [5.74, 6) is -0.767. The smallest absolute Gasteiger partial charge is 0.348 e. The van der Waals surface area contributed by atoms with E-state index in [2.05, 4.69) is 9.72 Å². The lowest BCUT2D eigenvalue weighted by Gasteiger charge is -2.03. The summed E-state index contributed by atoms with van der Waals surface area (Å²) in [4.78, 5) is 26.1. The fourth-order valence-corrected chi connectivity index (χ4v) is 1.91. The summed E-state index contributed by atoms with van der Waals surface area (Å²) in [6.45, 7) is 1.89. The molecule has 0 saturated heterocycles. The minimum absolute atomic E-state index is 0.218. The van der Waals surface area contributed by atoms with E-state index in [0.717, 1.165) is 16.5 Å². The Kier molecular flexibility index (Phi) is 3.67. The third kappa shape index (κ3) is 2.45. The average Bonchev–Trinajstić information content (AvgIpc) is 2.45. The van der Waals surface area contributed by atoms with E-state index in [1.54, 1.807) is 12.1 Å². The van der Waals surface area contributed by atoms with E-state index in [-0.39, 0.29) is 16.7 Å². The minimum atomic E-state index is -0.767. The lowest BCUT2D eigenvalue weighted by atomic mass is 10.1. The van der Waals surface area contributed by atoms with Gasteiger partial charge in [-0.2, -0.15) is 5.26 Å². The van der Waals surface area contributed by atoms with Crippen molar-refractivity contribution in [3.63, 3.8) is 0 Å². The highest BCUT2D eigenvalue weighted by atomic mass is 16.5. The summed E-state index contributed by atoms with van der Waals surface area (Å²) < 4.78 is 4.48. The first-order valence-corrected chi connectivity index (χ1v) is 5.89. The van der Waals surface area contributed by atoms with Crippen molar-refractivity contribution in [2.45, 2.75) is 6.92 Å². The summed E-state index contributed by atoms with van der Waals surface area (Å²) in [6.07, 6.45) is 1.23. The topological polar surface area (TPSA) is 82.9 Å². The first-order chi connectivity index (χ1) is 9.56. The van der Waals surface area contributed by atoms with Gasteiger partial charge in [0.25, 0.3) is 5.56 Å². The first-order valence-electron chi connectivity index (χ1n) is 5.89. The van der Waals surface area contributed by atoms with Gasteiger partial charge in [-0.15, -0.1) is 0 Å². The maximum Gasteiger partial charge on any atom is 0.348 e. The number of H-pyrrole nitrogens is 1. The van der Waals surface area contributed by atoms with Gasteiger partial charge in [-0.05, 0) is 30.0 Å². The summed E-state index contributed by atoms with van der Waals surface area (Å²) in [5.41, 5.74) is 1.35. The van der Waals surface area contributed by atoms with Crippen LogP contribution < -0.4 is 5.56 Å². The third-order valence-corrected chi connectivity index (χ3v) is 2.94. The molecule has 1 aromatic heterocycles. The van der Waals surface area contributed by atoms with Crippen LogP contribution in [0.3, 0.4) is 0 Å². The zero-order valence-electron chi connectivity index (χ0n) is 11.1. The van der Waals surface area contributed by atoms with Crippen LogP contribution in [0.1, 0.15) is 11.1 Å². The maximum atomic E-state index is 12.0. The van der Waals surface area contributed by atoms with Gasteiger partial charge in [-0.3, -0.25) is 4.79 Å². The Balaban J connectivity index is 2.65. The fourth-order valence-electron chi connectivity index (χ4n) is 1.91. The molecule has 1 aromatic carbocycles. The number of carbonyl (C=O) groups is 1. The average molecular weight is 268 g/mol. The van der Waals surface area contributed by atoms with Gasteiger partial charge in [0.15, 0.2) is 0 Å². The number of aromatic nitrogens is 1. The number of methoxy groups -OCH3 is 1. The van der Waals surface area contributed by atoms with Crippen molar-refractivity contribution in [1.29, 1.82) is 5.26 Å². The molecule has 5 heteroatoms. The van der Waals surface area contributed by atoms with Gasteiger partial charge in [0.05, 0.1) is 12.6 Å². The van der Waals surface area contributed by atoms with Gasteiger partial charge in [-0.25, -0.2) is 4.79 Å². The monoisotopic (exact) mass is 268 g/mol. The molecule has 2 aromatic rings. The van der Waals surface area contributed by atoms with Crippen LogP contribution in [0.5, 0.6) is 0 Å². The number of esters is 1. The second-order valence-electron chi connectivity index (χ2n) is 4.25. The third-order valence-electron chi connectivity index (χ3n) is 2.94. The number of para-hydroxylation sites is 1. The molecule has 0 saturated carbocycles. The number of nitriles is 1. The maximum absolute atomic E-state index is 12.0. The molecular weight excluding hydrogens is 256 g/mol. The molecule has 5 nitrogen and oxygen atoms in total. The molecule has 2 rings (SSSR count). The Hall–Kier alpha value is -2.87. The molecule has 0 atom stereocenters. The molecule has 0 aliphatic rings. The predicted octanol–water partition coefficient (Wildman–Crippen LogP) is 1.92. The van der Waals surface area contributed by atoms with Crippen LogP contribution in [0.15, 0.2) is 34.6 Å². The van der Waals surface area contributed by atoms with Crippen molar-refractivity contribution < 1.29 is 9.53 Å². The minimum Gasteiger partial charge on any atom is -0.465 e. The normalized spacial score (nSPS) is 11.2. The van der Waals surface area contributed by atoms with E-state index < -0.39 is 5.97 Å². The molecule has 100 valence electrons. The predicted molar refractivity (Wildman–Crippen MR) is 74.9 cm³/mol. The number of hydrogen-bond acceptors (Lipinski definition) is 4. The zero-order valence-corrected chi connectivity index (χ0v) is 11.1. The van der Waals surface area contributed by atoms with Crippen molar-refractivity contribution >= 4 is 22.9 Å². The lowest BCUT2D eigenvalue weighted by Crippen LogP contribution is -2.11. The number of fused-ring (bicyclic) bond motifs is 1. The summed E-state index contributed by atoms with van der Waals surface area (Å²) in [5, 5.41) is 9.74. The van der Waals surface area contributed by atoms with Crippen LogP contribution >= 0.6 is 0 Å². The number of aryl methyl sites for hydroxylation is 1. The van der Waals surface area contributed by atoms with E-state index in [4.69, 9.17) is 5.26 Å². The lowest BCUT2D eigenvalue weighted by molar-refractivity contribution is -0.135. The van der Waals surface area contributed by atoms with Crippen molar-refractivity contribution in [3.05, 3.63) is 51.3 Å². The van der Waals surface area contributed by atoms with Crippen LogP contribution in [0, 0.1) is 18.3 Å². The highest BCUT2D eigenvalue weighted by molar-refractivity contribution is 5.98. The van der Waals surface area contributed by atoms with Crippen molar-refractivity contribution in [2.24, 2.45) is 0 Å². The number of pyridine rings is 1. The Labute approximate surface area is 115 Å². The zero-order chi connectivity index (χ0) is 14.7. The quantitative estimate of drug-likeness (QED) is 0.512. The van der Waals surface area contributed by atoms with Gasteiger partial charge >= 0.3 is 5.97 Å². The van der Waals surface area contributed by atoms with E-state index in [1.807, 2.05) is 25.1 Å². The summed E-state index contributed by atoms with van der Waals surface area (Å²) in [7, 11) is 1.18. The molecule has 1 N–H and O–H groups in total. The standard InChI is InChI=1S/C15H12N2O3/c1-9-4-3-5-10-6-11(14(18)17-13(9)10)7-12(8-16)15(19)20-2/h3-7H,1-2H3,(H,17,18). The largest absolute Gasteiger partial charge is 0.465 e. The molecule has 20 heavy (non-hydrogen) atoms. The number of aromatic amines is 1. The highest BCUT2D eigenvalue weighted by Crippen LogP contribution is 2.16. The fraction of sp³-hybridized carbons (Fsp3) is 0.133. The van der Waals surface area contributed by atoms with Crippen LogP contribution in [0.25, 0.3) is 17.0 Å². The molecule has 0 radical (unpaired) electrons. The van der Waals surface area contributed by atoms with Crippen molar-refractivity contribution in [3.8, 4) is 6.07 Å². The van der Waals surface area contributed by atoms with Crippen molar-refractivity contribution in [1.82, 2.24) is 4.98 Å². The molecule has 0 aliphatic heterocycles. The Morgan fingerprint density at radius 1 is 1.45 bits per heavy atom. The second kappa shape index (κ2) is 5.41. The van der Waals surface area contributed by atoms with Gasteiger partial charge in [0.1, 0.15) is 11.6 Å². The van der Waals surface area contributed by atoms with E-state index >= 15 is 0 Å². The van der Waals surface area contributed by atoms with Crippen LogP contribution in [0.2, 0.25) is 0 Å². The number of ether oxygens (including phenoxy) is 1. The summed E-state index contributed by atoms with van der Waals surface area (Å²) in [6, 6.07) is 8.97. The van der Waals surface area contributed by atoms with Gasteiger partial charge in [0.2, 0.25) is 0 Å². The summed E-state index contributed by atoms with van der Waals surface area (Å²) >= 11 is 0. The van der Waals surface area contributed by atoms with E-state index in [1.165, 1.54) is 13.2 Å². The van der Waals surface area contributed by atoms with Crippen LogP contribution in [-0.4, -0.2) is 18.1 Å². The van der Waals surface area contributed by atoms with Crippen molar-refractivity contribution in [2.75, 3.05) is 7.11 Å². The molecule has 1 heterocycles. The number of rotatable bonds is 2.